The Morgan fingerprint density at radius 2 is 0.933 bits per heavy atom. The Hall–Kier alpha value is -5.47. The summed E-state index contributed by atoms with van der Waals surface area (Å²) in [6.45, 7) is 1.49. The minimum Gasteiger partial charge on any atom is -0.422 e. The van der Waals surface area contributed by atoms with Crippen molar-refractivity contribution < 1.29 is 14.3 Å². The maximum atomic E-state index is 12.6. The van der Waals surface area contributed by atoms with Crippen LogP contribution in [0.3, 0.4) is 0 Å². The summed E-state index contributed by atoms with van der Waals surface area (Å²) in [6, 6.07) is 30.2. The monoisotopic (exact) mass is 631 g/mol. The Bertz CT molecular complexity index is 1790. The number of anilines is 2. The Labute approximate surface area is 265 Å². The van der Waals surface area contributed by atoms with Gasteiger partial charge in [0, 0.05) is 28.1 Å². The molecule has 45 heavy (non-hydrogen) atoms. The summed E-state index contributed by atoms with van der Waals surface area (Å²) in [6.07, 6.45) is 0.780. The van der Waals surface area contributed by atoms with Gasteiger partial charge in [-0.3, -0.25) is 9.69 Å². The average Bonchev–Trinajstić information content (AvgIpc) is 3.06. The fraction of sp³-hybridized carbons (Fsp3) is 0.0645. The Balaban J connectivity index is 1.18. The first-order valence-corrected chi connectivity index (χ1v) is 15.2. The average molecular weight is 632 g/mol. The highest BCUT2D eigenvalue weighted by atomic mass is 32.2. The molecule has 16 rings (SSSR count). The molecular formula is C31H21N9O3S2. The summed E-state index contributed by atoms with van der Waals surface area (Å²) < 4.78 is 11.5. The van der Waals surface area contributed by atoms with E-state index in [-0.39, 0.29) is 17.9 Å². The number of rotatable bonds is 0. The van der Waals surface area contributed by atoms with Gasteiger partial charge in [-0.05, 0) is 114 Å². The third-order valence-corrected chi connectivity index (χ3v) is 8.19. The van der Waals surface area contributed by atoms with Gasteiger partial charge in [0.15, 0.2) is 0 Å². The number of nitrogens with zero attached hydrogens (tertiary/aromatic N) is 9. The van der Waals surface area contributed by atoms with Gasteiger partial charge in [0.1, 0.15) is 11.5 Å². The molecule has 0 atom stereocenters. The van der Waals surface area contributed by atoms with E-state index < -0.39 is 0 Å². The van der Waals surface area contributed by atoms with Crippen LogP contribution in [-0.4, -0.2) is 46.7 Å². The molecule has 0 unspecified atom stereocenters. The smallest absolute Gasteiger partial charge is 0.360 e. The van der Waals surface area contributed by atoms with Crippen LogP contribution < -0.4 is 14.4 Å². The SMILES string of the molecule is CC(=O)N1c2ccc(cc2)Oc2nnc(nn2)Sc2ccc(cc2)Cc2ccc(cc2)Sc2nnc(nn2)Oc2ccc1cc2. The second-order valence-electron chi connectivity index (χ2n) is 9.65. The van der Waals surface area contributed by atoms with Crippen molar-refractivity contribution >= 4 is 40.8 Å². The first-order valence-electron chi connectivity index (χ1n) is 13.6. The van der Waals surface area contributed by atoms with Gasteiger partial charge >= 0.3 is 12.0 Å². The molecule has 14 heteroatoms. The normalized spacial score (nSPS) is 12.7. The van der Waals surface area contributed by atoms with E-state index in [1.165, 1.54) is 41.6 Å². The fourth-order valence-electron chi connectivity index (χ4n) is 4.43. The summed E-state index contributed by atoms with van der Waals surface area (Å²) in [5.74, 6) is 0.750. The summed E-state index contributed by atoms with van der Waals surface area (Å²) in [4.78, 5) is 16.1. The van der Waals surface area contributed by atoms with Crippen LogP contribution in [0.5, 0.6) is 23.5 Å². The number of ether oxygens (including phenoxy) is 2. The van der Waals surface area contributed by atoms with Crippen LogP contribution in [0.25, 0.3) is 0 Å². The fourth-order valence-corrected chi connectivity index (χ4v) is 5.73. The molecule has 220 valence electrons. The lowest BCUT2D eigenvalue weighted by molar-refractivity contribution is -0.115. The van der Waals surface area contributed by atoms with Crippen molar-refractivity contribution in [3.63, 3.8) is 0 Å². The lowest BCUT2D eigenvalue weighted by Gasteiger charge is -2.21. The van der Waals surface area contributed by atoms with Crippen LogP contribution in [0.15, 0.2) is 117 Å². The van der Waals surface area contributed by atoms with E-state index in [0.717, 1.165) is 16.2 Å². The second-order valence-corrected chi connectivity index (χ2v) is 11.7. The van der Waals surface area contributed by atoms with Crippen LogP contribution in [0.4, 0.5) is 11.4 Å². The van der Waals surface area contributed by atoms with Crippen LogP contribution in [0.1, 0.15) is 18.1 Å². The highest BCUT2D eigenvalue weighted by Crippen LogP contribution is 2.31. The Morgan fingerprint density at radius 3 is 1.29 bits per heavy atom. The molecule has 0 fully saturated rings. The summed E-state index contributed by atoms with van der Waals surface area (Å²) in [5.41, 5.74) is 3.61. The molecule has 0 saturated carbocycles. The van der Waals surface area contributed by atoms with E-state index in [0.29, 0.717) is 33.2 Å². The molecule has 12 bridgehead atoms. The van der Waals surface area contributed by atoms with Gasteiger partial charge in [-0.25, -0.2) is 0 Å². The van der Waals surface area contributed by atoms with Crippen LogP contribution >= 0.6 is 23.5 Å². The lowest BCUT2D eigenvalue weighted by Crippen LogP contribution is -2.22. The van der Waals surface area contributed by atoms with Crippen molar-refractivity contribution in [1.82, 2.24) is 40.8 Å². The zero-order chi connectivity index (χ0) is 30.6. The predicted molar refractivity (Wildman–Crippen MR) is 165 cm³/mol. The van der Waals surface area contributed by atoms with Crippen molar-refractivity contribution in [3.8, 4) is 23.5 Å². The topological polar surface area (TPSA) is 142 Å². The third kappa shape index (κ3) is 6.87. The van der Waals surface area contributed by atoms with E-state index >= 15 is 0 Å². The van der Waals surface area contributed by atoms with Gasteiger partial charge < -0.3 is 9.47 Å². The van der Waals surface area contributed by atoms with Gasteiger partial charge in [-0.2, -0.15) is 0 Å². The maximum absolute atomic E-state index is 12.6. The van der Waals surface area contributed by atoms with Gasteiger partial charge in [0.2, 0.25) is 16.2 Å². The summed E-state index contributed by atoms with van der Waals surface area (Å²) in [7, 11) is 0. The van der Waals surface area contributed by atoms with Gasteiger partial charge in [-0.1, -0.05) is 44.7 Å². The van der Waals surface area contributed by atoms with Gasteiger partial charge in [0.05, 0.1) is 0 Å². The number of benzene rings is 4. The standard InChI is InChI=1S/C31H21N9O3S2/c1-19(41)40-22-6-10-24(11-7-22)42-28-32-36-30(37-33-28)44-26-14-2-20(3-15-26)18-21-4-16-27(17-5-21)45-31-38-34-29(35-39-31)43-25-12-8-23(40)9-13-25/h2-17H,18H2,1H3. The van der Waals surface area contributed by atoms with Gasteiger partial charge in [-0.15, -0.1) is 20.4 Å². The molecule has 0 saturated heterocycles. The number of carbonyl (C=O) groups is 1. The van der Waals surface area contributed by atoms with E-state index in [1.54, 1.807) is 53.4 Å². The third-order valence-electron chi connectivity index (χ3n) is 6.48. The van der Waals surface area contributed by atoms with Gasteiger partial charge in [0.25, 0.3) is 0 Å². The summed E-state index contributed by atoms with van der Waals surface area (Å²) in [5, 5.41) is 33.7. The van der Waals surface area contributed by atoms with Crippen molar-refractivity contribution in [2.45, 2.75) is 33.4 Å². The number of hydrogen-bond donors (Lipinski definition) is 0. The zero-order valence-corrected chi connectivity index (χ0v) is 25.1. The highest BCUT2D eigenvalue weighted by Gasteiger charge is 2.16. The largest absolute Gasteiger partial charge is 0.422 e. The molecule has 6 aromatic rings. The highest BCUT2D eigenvalue weighted by molar-refractivity contribution is 7.99. The number of carbonyl (C=O) groups excluding carboxylic acids is 1. The molecule has 0 radical (unpaired) electrons. The molecule has 4 aromatic carbocycles. The minimum atomic E-state index is -0.178. The van der Waals surface area contributed by atoms with Crippen molar-refractivity contribution in [2.24, 2.45) is 0 Å². The first-order chi connectivity index (χ1) is 22.0. The molecule has 12 heterocycles. The van der Waals surface area contributed by atoms with E-state index in [4.69, 9.17) is 9.47 Å². The van der Waals surface area contributed by atoms with E-state index in [1.807, 2.05) is 24.3 Å². The maximum Gasteiger partial charge on any atom is 0.360 e. The number of amides is 1. The molecule has 2 aromatic heterocycles. The van der Waals surface area contributed by atoms with E-state index in [9.17, 15) is 4.79 Å². The second kappa shape index (κ2) is 12.6. The zero-order valence-electron chi connectivity index (χ0n) is 23.5. The van der Waals surface area contributed by atoms with Crippen LogP contribution in [0, 0.1) is 0 Å². The lowest BCUT2D eigenvalue weighted by atomic mass is 10.1. The van der Waals surface area contributed by atoms with Crippen molar-refractivity contribution in [2.75, 3.05) is 4.90 Å². The first kappa shape index (κ1) is 28.3. The summed E-state index contributed by atoms with van der Waals surface area (Å²) >= 11 is 2.72. The Kier molecular flexibility index (Phi) is 7.95. The molecule has 12 nitrogen and oxygen atoms in total. The van der Waals surface area contributed by atoms with E-state index in [2.05, 4.69) is 65.1 Å². The molecule has 0 N–H and O–H groups in total. The molecule has 1 amide bonds. The molecule has 0 aliphatic carbocycles. The van der Waals surface area contributed by atoms with Crippen molar-refractivity contribution in [1.29, 1.82) is 0 Å². The number of hydrogen-bond acceptors (Lipinski definition) is 13. The molecule has 10 aliphatic heterocycles. The molecule has 10 aliphatic rings. The minimum absolute atomic E-state index is 0.00885. The Morgan fingerprint density at radius 1 is 0.556 bits per heavy atom. The quantitative estimate of drug-likeness (QED) is 0.185. The van der Waals surface area contributed by atoms with Crippen LogP contribution in [0.2, 0.25) is 0 Å². The van der Waals surface area contributed by atoms with Crippen molar-refractivity contribution in [3.05, 3.63) is 108 Å². The molecular weight excluding hydrogens is 611 g/mol. The predicted octanol–water partition coefficient (Wildman–Crippen LogP) is 6.32. The number of aromatic nitrogens is 8. The molecule has 0 spiro atoms. The van der Waals surface area contributed by atoms with Crippen LogP contribution in [-0.2, 0) is 11.2 Å².